The van der Waals surface area contributed by atoms with Crippen molar-refractivity contribution < 1.29 is 9.47 Å². The molecule has 4 aliphatic rings. The molecule has 52 heavy (non-hydrogen) atoms. The van der Waals surface area contributed by atoms with Gasteiger partial charge in [-0.3, -0.25) is 0 Å². The van der Waals surface area contributed by atoms with Gasteiger partial charge in [-0.15, -0.1) is 0 Å². The van der Waals surface area contributed by atoms with E-state index in [1.807, 2.05) is 0 Å². The molecule has 6 aromatic carbocycles. The number of anilines is 2. The van der Waals surface area contributed by atoms with Gasteiger partial charge in [0.1, 0.15) is 11.5 Å². The Kier molecular flexibility index (Phi) is 6.07. The molecule has 258 valence electrons. The molecular weight excluding hydrogens is 637 g/mol. The maximum Gasteiger partial charge on any atom is 0.211 e. The molecule has 0 saturated heterocycles. The van der Waals surface area contributed by atoms with Crippen LogP contribution in [0.25, 0.3) is 44.8 Å². The number of rotatable bonds is 1. The molecule has 4 heterocycles. The Balaban J connectivity index is 1.26. The minimum atomic E-state index is -0.743. The van der Waals surface area contributed by atoms with Crippen LogP contribution in [0.3, 0.4) is 0 Å². The molecule has 10 rings (SSSR count). The minimum absolute atomic E-state index is 0.345. The minimum Gasteiger partial charge on any atom is -0.462 e. The average molecular weight is 681 g/mol. The predicted molar refractivity (Wildman–Crippen MR) is 217 cm³/mol. The third kappa shape index (κ3) is 3.72. The van der Waals surface area contributed by atoms with Gasteiger partial charge in [-0.1, -0.05) is 83.9 Å². The first-order valence-corrected chi connectivity index (χ1v) is 18.5. The Morgan fingerprint density at radius 2 is 0.904 bits per heavy atom. The first-order chi connectivity index (χ1) is 24.9. The fourth-order valence-corrected chi connectivity index (χ4v) is 9.95. The molecule has 0 radical (unpaired) electrons. The highest BCUT2D eigenvalue weighted by Gasteiger charge is 2.59. The third-order valence-electron chi connectivity index (χ3n) is 13.0. The number of likely N-dealkylation sites (N-methyl/N-ethyl adjacent to an activating group) is 2. The lowest BCUT2D eigenvalue weighted by Crippen LogP contribution is -2.58. The van der Waals surface area contributed by atoms with Gasteiger partial charge in [0.15, 0.2) is 0 Å². The zero-order valence-corrected chi connectivity index (χ0v) is 31.3. The Bertz CT molecular complexity index is 2430. The van der Waals surface area contributed by atoms with Crippen molar-refractivity contribution in [3.63, 3.8) is 0 Å². The lowest BCUT2D eigenvalue weighted by Gasteiger charge is -2.47. The molecule has 4 heteroatoms. The fourth-order valence-electron chi connectivity index (χ4n) is 9.95. The normalized spacial score (nSPS) is 22.8. The molecule has 0 N–H and O–H groups in total. The largest absolute Gasteiger partial charge is 0.462 e. The van der Waals surface area contributed by atoms with Gasteiger partial charge < -0.3 is 19.3 Å². The SMILES string of the molecule is Cc1ccc2c(c1)C(C)(C)C1(C=Cc3cc4ccccc4c(-c4c5c(cc6ccccc46)C=CC4(O5)N(C)c5ccc(C)cc5C4(C)C)c3O1)N2C. The summed E-state index contributed by atoms with van der Waals surface area (Å²) >= 11 is 0. The van der Waals surface area contributed by atoms with E-state index in [9.17, 15) is 0 Å². The Morgan fingerprint density at radius 3 is 1.33 bits per heavy atom. The highest BCUT2D eigenvalue weighted by molar-refractivity contribution is 6.12. The van der Waals surface area contributed by atoms with E-state index in [-0.39, 0.29) is 10.8 Å². The molecule has 2 unspecified atom stereocenters. The number of aryl methyl sites for hydroxylation is 2. The van der Waals surface area contributed by atoms with Crippen molar-refractivity contribution in [1.29, 1.82) is 0 Å². The molecule has 0 aliphatic carbocycles. The van der Waals surface area contributed by atoms with Crippen LogP contribution in [0.5, 0.6) is 11.5 Å². The maximum atomic E-state index is 7.66. The summed E-state index contributed by atoms with van der Waals surface area (Å²) < 4.78 is 15.3. The lowest BCUT2D eigenvalue weighted by molar-refractivity contribution is 0.0569. The summed E-state index contributed by atoms with van der Waals surface area (Å²) in [7, 11) is 4.35. The standard InChI is InChI=1S/C48H44N2O2/c1-29-17-19-39-37(25-29)45(3,4)47(49(39)7)23-21-33-27-31-13-9-11-15-35(31)41(43(33)51-47)42-36-16-12-10-14-32(36)28-34-22-24-48(52-44(34)42)46(5,6)38-26-30(2)18-20-40(38)50(48)8/h9-28H,1-8H3. The van der Waals surface area contributed by atoms with E-state index in [0.29, 0.717) is 0 Å². The van der Waals surface area contributed by atoms with Crippen molar-refractivity contribution in [2.75, 3.05) is 23.9 Å². The van der Waals surface area contributed by atoms with Crippen LogP contribution in [-0.2, 0) is 10.8 Å². The van der Waals surface area contributed by atoms with Crippen molar-refractivity contribution in [3.05, 3.63) is 143 Å². The topological polar surface area (TPSA) is 24.9 Å². The van der Waals surface area contributed by atoms with Crippen LogP contribution in [0.4, 0.5) is 11.4 Å². The molecule has 0 fully saturated rings. The summed E-state index contributed by atoms with van der Waals surface area (Å²) in [5, 5.41) is 4.62. The van der Waals surface area contributed by atoms with Crippen LogP contribution >= 0.6 is 0 Å². The van der Waals surface area contributed by atoms with E-state index >= 15 is 0 Å². The monoisotopic (exact) mass is 680 g/mol. The molecular formula is C48H44N2O2. The zero-order chi connectivity index (χ0) is 35.9. The summed E-state index contributed by atoms with van der Waals surface area (Å²) in [4.78, 5) is 4.67. The van der Waals surface area contributed by atoms with Gasteiger partial charge in [0, 0.05) is 47.7 Å². The first kappa shape index (κ1) is 31.3. The van der Waals surface area contributed by atoms with Crippen molar-refractivity contribution in [1.82, 2.24) is 0 Å². The summed E-state index contributed by atoms with van der Waals surface area (Å²) in [6, 6.07) is 35.6. The number of ether oxygens (including phenoxy) is 2. The predicted octanol–water partition coefficient (Wildman–Crippen LogP) is 11.3. The molecule has 0 bridgehead atoms. The van der Waals surface area contributed by atoms with Gasteiger partial charge in [0.25, 0.3) is 0 Å². The smallest absolute Gasteiger partial charge is 0.211 e. The second-order valence-electron chi connectivity index (χ2n) is 16.5. The Hall–Kier alpha value is -5.48. The zero-order valence-electron chi connectivity index (χ0n) is 31.3. The Labute approximate surface area is 306 Å². The van der Waals surface area contributed by atoms with E-state index in [0.717, 1.165) is 44.5 Å². The number of hydrogen-bond acceptors (Lipinski definition) is 4. The molecule has 6 aromatic rings. The van der Waals surface area contributed by atoms with Gasteiger partial charge >= 0.3 is 0 Å². The molecule has 4 nitrogen and oxygen atoms in total. The van der Waals surface area contributed by atoms with Crippen LogP contribution in [-0.4, -0.2) is 25.5 Å². The summed E-state index contributed by atoms with van der Waals surface area (Å²) in [5.74, 6) is 1.77. The van der Waals surface area contributed by atoms with Crippen LogP contribution in [0.1, 0.15) is 61.1 Å². The average Bonchev–Trinajstić information content (AvgIpc) is 3.39. The van der Waals surface area contributed by atoms with E-state index in [4.69, 9.17) is 9.47 Å². The fraction of sp³-hybridized carbons (Fsp3) is 0.250. The summed E-state index contributed by atoms with van der Waals surface area (Å²) in [5.41, 5.74) is 9.59. The van der Waals surface area contributed by atoms with Gasteiger partial charge in [-0.25, -0.2) is 0 Å². The summed E-state index contributed by atoms with van der Waals surface area (Å²) in [6.45, 7) is 13.6. The van der Waals surface area contributed by atoms with Gasteiger partial charge in [0.2, 0.25) is 11.4 Å². The van der Waals surface area contributed by atoms with E-state index in [2.05, 4.69) is 187 Å². The van der Waals surface area contributed by atoms with Crippen molar-refractivity contribution in [3.8, 4) is 22.6 Å². The molecule has 2 spiro atoms. The number of hydrogen-bond donors (Lipinski definition) is 0. The quantitative estimate of drug-likeness (QED) is 0.173. The van der Waals surface area contributed by atoms with E-state index in [1.54, 1.807) is 0 Å². The van der Waals surface area contributed by atoms with E-state index in [1.165, 1.54) is 44.4 Å². The van der Waals surface area contributed by atoms with Crippen molar-refractivity contribution in [2.45, 2.75) is 63.8 Å². The number of fused-ring (bicyclic) bond motifs is 6. The second kappa shape index (κ2) is 10.1. The molecule has 2 atom stereocenters. The summed E-state index contributed by atoms with van der Waals surface area (Å²) in [6.07, 6.45) is 9.15. The van der Waals surface area contributed by atoms with Gasteiger partial charge in [-0.05, 0) is 123 Å². The second-order valence-corrected chi connectivity index (χ2v) is 16.5. The molecule has 0 amide bonds. The van der Waals surface area contributed by atoms with Crippen LogP contribution in [0.15, 0.2) is 109 Å². The lowest BCUT2D eigenvalue weighted by atomic mass is 9.75. The van der Waals surface area contributed by atoms with Gasteiger partial charge in [-0.2, -0.15) is 0 Å². The third-order valence-corrected chi connectivity index (χ3v) is 13.0. The highest BCUT2D eigenvalue weighted by Crippen LogP contribution is 2.60. The highest BCUT2D eigenvalue weighted by atomic mass is 16.5. The van der Waals surface area contributed by atoms with Crippen LogP contribution < -0.4 is 19.3 Å². The van der Waals surface area contributed by atoms with Crippen LogP contribution in [0, 0.1) is 13.8 Å². The van der Waals surface area contributed by atoms with Crippen LogP contribution in [0.2, 0.25) is 0 Å². The van der Waals surface area contributed by atoms with Gasteiger partial charge in [0.05, 0.1) is 10.8 Å². The molecule has 0 saturated carbocycles. The van der Waals surface area contributed by atoms with Crippen molar-refractivity contribution >= 4 is 45.1 Å². The van der Waals surface area contributed by atoms with E-state index < -0.39 is 11.4 Å². The van der Waals surface area contributed by atoms with Crippen molar-refractivity contribution in [2.24, 2.45) is 0 Å². The number of nitrogens with zero attached hydrogens (tertiary/aromatic N) is 2. The molecule has 0 aromatic heterocycles. The maximum absolute atomic E-state index is 7.66. The Morgan fingerprint density at radius 1 is 0.500 bits per heavy atom. The number of benzene rings is 6. The first-order valence-electron chi connectivity index (χ1n) is 18.5. The molecule has 4 aliphatic heterocycles.